The van der Waals surface area contributed by atoms with E-state index in [2.05, 4.69) is 9.73 Å². The van der Waals surface area contributed by atoms with Crippen LogP contribution in [0.15, 0.2) is 29.3 Å². The molecule has 1 rings (SSSR count). The molecule has 0 aliphatic rings. The monoisotopic (exact) mass is 221 g/mol. The van der Waals surface area contributed by atoms with Crippen LogP contribution in [-0.4, -0.2) is 30.3 Å². The van der Waals surface area contributed by atoms with Gasteiger partial charge in [-0.3, -0.25) is 0 Å². The van der Waals surface area contributed by atoms with Crippen LogP contribution >= 0.6 is 0 Å². The van der Waals surface area contributed by atoms with Crippen LogP contribution in [0.25, 0.3) is 0 Å². The quantitative estimate of drug-likeness (QED) is 0.463. The van der Waals surface area contributed by atoms with Gasteiger partial charge >= 0.3 is 5.97 Å². The zero-order chi connectivity index (χ0) is 12.0. The smallest absolute Gasteiger partial charge is 0.331 e. The Bertz CT molecular complexity index is 406. The summed E-state index contributed by atoms with van der Waals surface area (Å²) in [6.45, 7) is 0. The summed E-state index contributed by atoms with van der Waals surface area (Å²) in [5.41, 5.74) is 0.771. The molecule has 0 heterocycles. The van der Waals surface area contributed by atoms with E-state index in [1.165, 1.54) is 25.3 Å². The number of ether oxygens (including phenoxy) is 1. The van der Waals surface area contributed by atoms with Gasteiger partial charge in [0.1, 0.15) is 5.75 Å². The lowest BCUT2D eigenvalue weighted by molar-refractivity contribution is -0.142. The van der Waals surface area contributed by atoms with Gasteiger partial charge in [0.15, 0.2) is 6.04 Å². The predicted octanol–water partition coefficient (Wildman–Crippen LogP) is 0.812. The van der Waals surface area contributed by atoms with E-state index in [0.29, 0.717) is 0 Å². The number of rotatable bonds is 4. The van der Waals surface area contributed by atoms with Gasteiger partial charge in [-0.05, 0) is 17.7 Å². The van der Waals surface area contributed by atoms with Crippen LogP contribution in [0.1, 0.15) is 5.56 Å². The number of hydrogen-bond donors (Lipinski definition) is 1. The molecule has 1 aromatic carbocycles. The highest BCUT2D eigenvalue weighted by Crippen LogP contribution is 2.12. The molecule has 0 saturated heterocycles. The molecule has 5 heteroatoms. The van der Waals surface area contributed by atoms with Gasteiger partial charge < -0.3 is 9.84 Å². The van der Waals surface area contributed by atoms with Crippen molar-refractivity contribution in [3.63, 3.8) is 0 Å². The Morgan fingerprint density at radius 3 is 2.62 bits per heavy atom. The molecule has 5 nitrogen and oxygen atoms in total. The van der Waals surface area contributed by atoms with Gasteiger partial charge in [0.25, 0.3) is 0 Å². The van der Waals surface area contributed by atoms with Gasteiger partial charge in [-0.25, -0.2) is 9.59 Å². The number of carbonyl (C=O) groups excluding carboxylic acids is 2. The molecule has 0 amide bonds. The van der Waals surface area contributed by atoms with Crippen molar-refractivity contribution in [2.24, 2.45) is 4.99 Å². The fourth-order valence-electron chi connectivity index (χ4n) is 1.24. The van der Waals surface area contributed by atoms with E-state index in [0.717, 1.165) is 5.56 Å². The Hall–Kier alpha value is -2.13. The van der Waals surface area contributed by atoms with Crippen LogP contribution in [0.4, 0.5) is 0 Å². The van der Waals surface area contributed by atoms with Crippen LogP contribution in [0.5, 0.6) is 5.75 Å². The first-order valence-corrected chi connectivity index (χ1v) is 4.60. The maximum absolute atomic E-state index is 11.2. The van der Waals surface area contributed by atoms with E-state index in [-0.39, 0.29) is 12.2 Å². The molecule has 0 fully saturated rings. The number of benzene rings is 1. The molecule has 0 aromatic heterocycles. The Kier molecular flexibility index (Phi) is 4.24. The summed E-state index contributed by atoms with van der Waals surface area (Å²) >= 11 is 0. The fourth-order valence-corrected chi connectivity index (χ4v) is 1.24. The standard InChI is InChI=1S/C11H11NO4/c1-16-11(15)10(12-7-13)6-8-2-4-9(14)5-3-8/h2-5,10,14H,6H2,1H3/t10-/m1/s1. The molecule has 0 radical (unpaired) electrons. The van der Waals surface area contributed by atoms with Gasteiger partial charge in [0.2, 0.25) is 6.08 Å². The highest BCUT2D eigenvalue weighted by Gasteiger charge is 2.18. The van der Waals surface area contributed by atoms with Crippen molar-refractivity contribution < 1.29 is 19.4 Å². The maximum Gasteiger partial charge on any atom is 0.331 e. The van der Waals surface area contributed by atoms with Crippen molar-refractivity contribution >= 4 is 12.0 Å². The first-order valence-electron chi connectivity index (χ1n) is 4.60. The van der Waals surface area contributed by atoms with Gasteiger partial charge in [-0.2, -0.15) is 4.99 Å². The second-order valence-corrected chi connectivity index (χ2v) is 3.13. The molecule has 0 aliphatic carbocycles. The summed E-state index contributed by atoms with van der Waals surface area (Å²) in [4.78, 5) is 24.7. The normalized spacial score (nSPS) is 11.3. The number of esters is 1. The third-order valence-corrected chi connectivity index (χ3v) is 2.05. The van der Waals surface area contributed by atoms with Crippen LogP contribution in [0, 0.1) is 0 Å². The number of isocyanates is 1. The Balaban J connectivity index is 2.79. The summed E-state index contributed by atoms with van der Waals surface area (Å²) in [5.74, 6) is -0.450. The number of methoxy groups -OCH3 is 1. The van der Waals surface area contributed by atoms with E-state index in [1.54, 1.807) is 12.1 Å². The number of aromatic hydroxyl groups is 1. The minimum Gasteiger partial charge on any atom is -0.508 e. The summed E-state index contributed by atoms with van der Waals surface area (Å²) in [7, 11) is 1.23. The lowest BCUT2D eigenvalue weighted by atomic mass is 10.1. The second-order valence-electron chi connectivity index (χ2n) is 3.13. The SMILES string of the molecule is COC(=O)[C@@H](Cc1ccc(O)cc1)N=C=O. The van der Waals surface area contributed by atoms with Crippen molar-refractivity contribution in [1.82, 2.24) is 0 Å². The molecular weight excluding hydrogens is 210 g/mol. The molecule has 0 spiro atoms. The summed E-state index contributed by atoms with van der Waals surface area (Å²) in [6, 6.07) is 5.40. The molecule has 1 atom stereocenters. The molecular formula is C11H11NO4. The minimum absolute atomic E-state index is 0.136. The van der Waals surface area contributed by atoms with Crippen molar-refractivity contribution in [3.05, 3.63) is 29.8 Å². The second kappa shape index (κ2) is 5.68. The van der Waals surface area contributed by atoms with Crippen LogP contribution in [-0.2, 0) is 20.7 Å². The number of hydrogen-bond acceptors (Lipinski definition) is 5. The lowest BCUT2D eigenvalue weighted by Crippen LogP contribution is -2.22. The summed E-state index contributed by atoms with van der Waals surface area (Å²) in [5, 5.41) is 9.07. The molecule has 1 N–H and O–H groups in total. The fraction of sp³-hybridized carbons (Fsp3) is 0.273. The zero-order valence-corrected chi connectivity index (χ0v) is 8.71. The van der Waals surface area contributed by atoms with Crippen molar-refractivity contribution in [2.75, 3.05) is 7.11 Å². The third kappa shape index (κ3) is 3.22. The Morgan fingerprint density at radius 2 is 2.12 bits per heavy atom. The third-order valence-electron chi connectivity index (χ3n) is 2.05. The van der Waals surface area contributed by atoms with Crippen LogP contribution in [0.3, 0.4) is 0 Å². The number of phenols is 1. The van der Waals surface area contributed by atoms with E-state index in [1.807, 2.05) is 0 Å². The zero-order valence-electron chi connectivity index (χ0n) is 8.71. The maximum atomic E-state index is 11.2. The average Bonchev–Trinajstić information content (AvgIpc) is 2.30. The summed E-state index contributed by atoms with van der Waals surface area (Å²) in [6.07, 6.45) is 1.58. The molecule has 84 valence electrons. The van der Waals surface area contributed by atoms with Crippen molar-refractivity contribution in [1.29, 1.82) is 0 Å². The minimum atomic E-state index is -0.882. The lowest BCUT2D eigenvalue weighted by Gasteiger charge is -2.08. The first-order chi connectivity index (χ1) is 7.67. The van der Waals surface area contributed by atoms with E-state index in [9.17, 15) is 9.59 Å². The molecule has 1 aromatic rings. The number of aliphatic imine (C=N–C) groups is 1. The molecule has 0 aliphatic heterocycles. The number of carbonyl (C=O) groups is 1. The first kappa shape index (κ1) is 11.9. The molecule has 0 unspecified atom stereocenters. The Labute approximate surface area is 92.4 Å². The summed E-state index contributed by atoms with van der Waals surface area (Å²) < 4.78 is 4.50. The predicted molar refractivity (Wildman–Crippen MR) is 55.7 cm³/mol. The van der Waals surface area contributed by atoms with Gasteiger partial charge in [-0.1, -0.05) is 12.1 Å². The topological polar surface area (TPSA) is 76.0 Å². The van der Waals surface area contributed by atoms with Gasteiger partial charge in [-0.15, -0.1) is 0 Å². The Morgan fingerprint density at radius 1 is 1.50 bits per heavy atom. The van der Waals surface area contributed by atoms with E-state index < -0.39 is 12.0 Å². The largest absolute Gasteiger partial charge is 0.508 e. The van der Waals surface area contributed by atoms with Crippen LogP contribution < -0.4 is 0 Å². The molecule has 0 saturated carbocycles. The number of nitrogens with zero attached hydrogens (tertiary/aromatic N) is 1. The average molecular weight is 221 g/mol. The highest BCUT2D eigenvalue weighted by atomic mass is 16.5. The number of phenolic OH excluding ortho intramolecular Hbond substituents is 1. The van der Waals surface area contributed by atoms with Gasteiger partial charge in [0, 0.05) is 6.42 Å². The highest BCUT2D eigenvalue weighted by molar-refractivity contribution is 5.77. The molecule has 16 heavy (non-hydrogen) atoms. The van der Waals surface area contributed by atoms with Crippen LogP contribution in [0.2, 0.25) is 0 Å². The van der Waals surface area contributed by atoms with Gasteiger partial charge in [0.05, 0.1) is 7.11 Å². The molecule has 0 bridgehead atoms. The van der Waals surface area contributed by atoms with E-state index >= 15 is 0 Å². The van der Waals surface area contributed by atoms with Crippen molar-refractivity contribution in [3.8, 4) is 5.75 Å². The van der Waals surface area contributed by atoms with E-state index in [4.69, 9.17) is 5.11 Å². The van der Waals surface area contributed by atoms with Crippen molar-refractivity contribution in [2.45, 2.75) is 12.5 Å².